The van der Waals surface area contributed by atoms with Crippen LogP contribution in [0.2, 0.25) is 0 Å². The Morgan fingerprint density at radius 1 is 0.489 bits per heavy atom. The summed E-state index contributed by atoms with van der Waals surface area (Å²) >= 11 is 0. The van der Waals surface area contributed by atoms with Crippen molar-refractivity contribution in [3.05, 3.63) is 191 Å². The van der Waals surface area contributed by atoms with Gasteiger partial charge in [-0.25, -0.2) is 0 Å². The molecule has 0 aliphatic heterocycles. The van der Waals surface area contributed by atoms with E-state index in [0.29, 0.717) is 11.1 Å². The van der Waals surface area contributed by atoms with Crippen molar-refractivity contribution in [1.29, 1.82) is 0 Å². The Morgan fingerprint density at radius 2 is 1.18 bits per heavy atom. The summed E-state index contributed by atoms with van der Waals surface area (Å²) in [5.74, 6) is 0.0301. The molecule has 0 saturated carbocycles. The van der Waals surface area contributed by atoms with Crippen LogP contribution in [0, 0.1) is 0 Å². The van der Waals surface area contributed by atoms with Crippen LogP contribution in [0.15, 0.2) is 158 Å². The van der Waals surface area contributed by atoms with Gasteiger partial charge in [0, 0.05) is 35.3 Å². The second-order valence-corrected chi connectivity index (χ2v) is 11.7. The first kappa shape index (κ1) is 25.6. The number of ketones is 1. The van der Waals surface area contributed by atoms with Crippen LogP contribution in [-0.2, 0) is 5.41 Å². The Balaban J connectivity index is 1.18. The van der Waals surface area contributed by atoms with Crippen molar-refractivity contribution in [2.45, 2.75) is 5.41 Å². The number of fused-ring (bicyclic) bond motifs is 10. The Morgan fingerprint density at radius 3 is 2.07 bits per heavy atom. The van der Waals surface area contributed by atoms with E-state index in [9.17, 15) is 4.79 Å². The average molecular weight is 575 g/mol. The molecule has 2 aliphatic carbocycles. The van der Waals surface area contributed by atoms with Crippen molar-refractivity contribution in [1.82, 2.24) is 9.97 Å². The number of rotatable bonds is 4. The number of pyridine rings is 2. The van der Waals surface area contributed by atoms with E-state index in [-0.39, 0.29) is 5.78 Å². The third-order valence-electron chi connectivity index (χ3n) is 9.45. The molecule has 0 amide bonds. The molecule has 210 valence electrons. The molecule has 3 nitrogen and oxygen atoms in total. The first-order chi connectivity index (χ1) is 22.2. The highest BCUT2D eigenvalue weighted by Crippen LogP contribution is 2.63. The lowest BCUT2D eigenvalue weighted by Gasteiger charge is -2.30. The molecule has 0 saturated heterocycles. The predicted octanol–water partition coefficient (Wildman–Crippen LogP) is 9.39. The van der Waals surface area contributed by atoms with Gasteiger partial charge >= 0.3 is 0 Å². The molecule has 3 heteroatoms. The van der Waals surface area contributed by atoms with Gasteiger partial charge in [-0.1, -0.05) is 121 Å². The zero-order valence-corrected chi connectivity index (χ0v) is 24.3. The maximum Gasteiger partial charge on any atom is 0.193 e. The molecular formula is C42H26N2O. The second-order valence-electron chi connectivity index (χ2n) is 11.7. The smallest absolute Gasteiger partial charge is 0.193 e. The molecule has 45 heavy (non-hydrogen) atoms. The molecule has 5 aromatic carbocycles. The van der Waals surface area contributed by atoms with Gasteiger partial charge < -0.3 is 0 Å². The zero-order valence-electron chi connectivity index (χ0n) is 24.3. The molecular weight excluding hydrogens is 548 g/mol. The predicted molar refractivity (Wildman–Crippen MR) is 179 cm³/mol. The maximum absolute atomic E-state index is 13.1. The largest absolute Gasteiger partial charge is 0.289 e. The third-order valence-corrected chi connectivity index (χ3v) is 9.45. The molecule has 7 aromatic rings. The van der Waals surface area contributed by atoms with Gasteiger partial charge in [-0.05, 0) is 73.8 Å². The summed E-state index contributed by atoms with van der Waals surface area (Å²) in [6, 6.07) is 48.0. The van der Waals surface area contributed by atoms with Crippen LogP contribution in [0.4, 0.5) is 0 Å². The van der Waals surface area contributed by atoms with Gasteiger partial charge in [0.05, 0.1) is 11.1 Å². The standard InChI is InChI=1S/C42H26N2O/c45-41(29-9-2-1-3-10-29)31-12-6-11-30(25-31)27-18-20-28(21-19-27)32-14-7-16-37-39(32)33-13-4-5-15-35(33)42(37)36-22-24-43-26-34(36)40-38(42)17-8-23-44-40/h1-26H. The van der Waals surface area contributed by atoms with E-state index in [1.165, 1.54) is 38.9 Å². The first-order valence-electron chi connectivity index (χ1n) is 15.2. The fourth-order valence-corrected chi connectivity index (χ4v) is 7.57. The highest BCUT2D eigenvalue weighted by molar-refractivity contribution is 6.09. The van der Waals surface area contributed by atoms with Crippen molar-refractivity contribution in [3.63, 3.8) is 0 Å². The van der Waals surface area contributed by atoms with Gasteiger partial charge in [0.2, 0.25) is 0 Å². The quantitative estimate of drug-likeness (QED) is 0.197. The van der Waals surface area contributed by atoms with Crippen LogP contribution in [-0.4, -0.2) is 15.8 Å². The Bertz CT molecular complexity index is 2240. The van der Waals surface area contributed by atoms with Crippen molar-refractivity contribution in [3.8, 4) is 44.6 Å². The lowest BCUT2D eigenvalue weighted by Crippen LogP contribution is -2.25. The van der Waals surface area contributed by atoms with Crippen LogP contribution in [0.5, 0.6) is 0 Å². The summed E-state index contributed by atoms with van der Waals surface area (Å²) in [4.78, 5) is 22.5. The van der Waals surface area contributed by atoms with Crippen molar-refractivity contribution in [2.75, 3.05) is 0 Å². The van der Waals surface area contributed by atoms with Gasteiger partial charge in [0.1, 0.15) is 0 Å². The molecule has 0 bridgehead atoms. The molecule has 1 spiro atoms. The molecule has 1 unspecified atom stereocenters. The Kier molecular flexibility index (Phi) is 5.56. The fraction of sp³-hybridized carbons (Fsp3) is 0.0238. The number of benzene rings is 5. The topological polar surface area (TPSA) is 42.9 Å². The number of hydrogen-bond donors (Lipinski definition) is 0. The number of nitrogens with zero attached hydrogens (tertiary/aromatic N) is 2. The van der Waals surface area contributed by atoms with Gasteiger partial charge in [0.15, 0.2) is 5.78 Å². The number of carbonyl (C=O) groups excluding carboxylic acids is 1. The molecule has 1 atom stereocenters. The van der Waals surface area contributed by atoms with Gasteiger partial charge in [-0.15, -0.1) is 0 Å². The number of hydrogen-bond acceptors (Lipinski definition) is 3. The zero-order chi connectivity index (χ0) is 30.0. The second kappa shape index (κ2) is 9.80. The van der Waals surface area contributed by atoms with Crippen LogP contribution in [0.1, 0.15) is 38.2 Å². The van der Waals surface area contributed by atoms with E-state index >= 15 is 0 Å². The Labute approximate surface area is 261 Å². The molecule has 9 rings (SSSR count). The summed E-state index contributed by atoms with van der Waals surface area (Å²) in [5.41, 5.74) is 15.0. The SMILES string of the molecule is O=C(c1ccccc1)c1cccc(-c2ccc(-c3cccc4c3-c3ccccc3C43c4ccncc4-c4ncccc43)cc2)c1. The third kappa shape index (κ3) is 3.61. The average Bonchev–Trinajstić information content (AvgIpc) is 3.59. The Hall–Kier alpha value is -5.93. The summed E-state index contributed by atoms with van der Waals surface area (Å²) < 4.78 is 0. The van der Waals surface area contributed by atoms with Gasteiger partial charge in [-0.3, -0.25) is 14.8 Å². The van der Waals surface area contributed by atoms with Gasteiger partial charge in [-0.2, -0.15) is 0 Å². The molecule has 0 fully saturated rings. The fourth-order valence-electron chi connectivity index (χ4n) is 7.57. The van der Waals surface area contributed by atoms with Crippen LogP contribution >= 0.6 is 0 Å². The summed E-state index contributed by atoms with van der Waals surface area (Å²) in [6.45, 7) is 0. The minimum absolute atomic E-state index is 0.0301. The minimum atomic E-state index is -0.449. The van der Waals surface area contributed by atoms with Crippen LogP contribution in [0.25, 0.3) is 44.6 Å². The van der Waals surface area contributed by atoms with E-state index in [1.807, 2.05) is 73.2 Å². The van der Waals surface area contributed by atoms with Crippen molar-refractivity contribution >= 4 is 5.78 Å². The highest BCUT2D eigenvalue weighted by Gasteiger charge is 2.52. The summed E-state index contributed by atoms with van der Waals surface area (Å²) in [7, 11) is 0. The minimum Gasteiger partial charge on any atom is -0.289 e. The molecule has 2 aromatic heterocycles. The molecule has 0 radical (unpaired) electrons. The molecule has 2 heterocycles. The summed E-state index contributed by atoms with van der Waals surface area (Å²) in [5, 5.41) is 0. The van der Waals surface area contributed by atoms with E-state index < -0.39 is 5.41 Å². The lowest BCUT2D eigenvalue weighted by atomic mass is 9.71. The number of aromatic nitrogens is 2. The molecule has 2 aliphatic rings. The van der Waals surface area contributed by atoms with Crippen molar-refractivity contribution in [2.24, 2.45) is 0 Å². The summed E-state index contributed by atoms with van der Waals surface area (Å²) in [6.07, 6.45) is 5.74. The van der Waals surface area contributed by atoms with Gasteiger partial charge in [0.25, 0.3) is 0 Å². The van der Waals surface area contributed by atoms with E-state index in [4.69, 9.17) is 4.98 Å². The normalized spacial score (nSPS) is 15.3. The van der Waals surface area contributed by atoms with E-state index in [1.54, 1.807) is 0 Å². The van der Waals surface area contributed by atoms with E-state index in [2.05, 4.69) is 89.9 Å². The highest BCUT2D eigenvalue weighted by atomic mass is 16.1. The van der Waals surface area contributed by atoms with Crippen LogP contribution < -0.4 is 0 Å². The number of carbonyl (C=O) groups is 1. The lowest BCUT2D eigenvalue weighted by molar-refractivity contribution is 0.103. The monoisotopic (exact) mass is 574 g/mol. The van der Waals surface area contributed by atoms with E-state index in [0.717, 1.165) is 27.9 Å². The molecule has 0 N–H and O–H groups in total. The van der Waals surface area contributed by atoms with Crippen LogP contribution in [0.3, 0.4) is 0 Å². The first-order valence-corrected chi connectivity index (χ1v) is 15.2. The maximum atomic E-state index is 13.1. The van der Waals surface area contributed by atoms with Crippen molar-refractivity contribution < 1.29 is 4.79 Å².